The van der Waals surface area contributed by atoms with E-state index in [0.717, 1.165) is 36.5 Å². The van der Waals surface area contributed by atoms with Gasteiger partial charge in [0.05, 0.1) is 0 Å². The van der Waals surface area contributed by atoms with Gasteiger partial charge in [-0.3, -0.25) is 4.79 Å². The molecule has 174 valence electrons. The van der Waals surface area contributed by atoms with Crippen LogP contribution in [0.5, 0.6) is 0 Å². The second-order valence-corrected chi connectivity index (χ2v) is 14.5. The van der Waals surface area contributed by atoms with E-state index in [1.54, 1.807) is 0 Å². The highest BCUT2D eigenvalue weighted by Crippen LogP contribution is 2.77. The van der Waals surface area contributed by atoms with Crippen molar-refractivity contribution >= 4 is 5.78 Å². The summed E-state index contributed by atoms with van der Waals surface area (Å²) in [6.07, 6.45) is 13.0. The highest BCUT2D eigenvalue weighted by Gasteiger charge is 2.70. The van der Waals surface area contributed by atoms with E-state index < -0.39 is 0 Å². The number of hydrogen-bond donors (Lipinski definition) is 0. The van der Waals surface area contributed by atoms with Crippen molar-refractivity contribution in [2.24, 2.45) is 56.7 Å². The summed E-state index contributed by atoms with van der Waals surface area (Å²) in [6.45, 7) is 22.0. The fourth-order valence-corrected chi connectivity index (χ4v) is 11.3. The van der Waals surface area contributed by atoms with E-state index in [-0.39, 0.29) is 5.41 Å². The van der Waals surface area contributed by atoms with Crippen LogP contribution in [-0.2, 0) is 4.79 Å². The first-order valence-electron chi connectivity index (χ1n) is 13.5. The second kappa shape index (κ2) is 6.50. The van der Waals surface area contributed by atoms with Gasteiger partial charge in [0.25, 0.3) is 0 Å². The Balaban J connectivity index is 1.55. The lowest BCUT2D eigenvalue weighted by Gasteiger charge is -2.72. The molecule has 0 aromatic carbocycles. The predicted molar refractivity (Wildman–Crippen MR) is 130 cm³/mol. The normalized spacial score (nSPS) is 55.6. The quantitative estimate of drug-likeness (QED) is 0.387. The molecule has 0 spiro atoms. The van der Waals surface area contributed by atoms with Crippen LogP contribution in [0.25, 0.3) is 0 Å². The predicted octanol–water partition coefficient (Wildman–Crippen LogP) is 8.23. The first kappa shape index (κ1) is 22.2. The SMILES string of the molecule is C=C(C)[C@@H]1CC[C@@]2(C)CC[C@]3(C)[C@H](CC[C@H]4[C@@]5(C)CCC(=O)C(C)(C)[C@H]5CC[C@@]43C)[C@@H]12. The maximum absolute atomic E-state index is 12.9. The van der Waals surface area contributed by atoms with Crippen LogP contribution in [0.1, 0.15) is 113 Å². The van der Waals surface area contributed by atoms with Crippen LogP contribution in [0.15, 0.2) is 12.2 Å². The largest absolute Gasteiger partial charge is 0.299 e. The lowest BCUT2D eigenvalue weighted by molar-refractivity contribution is -0.232. The maximum atomic E-state index is 12.9. The van der Waals surface area contributed by atoms with Crippen molar-refractivity contribution in [3.8, 4) is 0 Å². The third-order valence-electron chi connectivity index (χ3n) is 13.2. The number of hydrogen-bond acceptors (Lipinski definition) is 1. The third kappa shape index (κ3) is 2.59. The number of rotatable bonds is 1. The number of carbonyl (C=O) groups excluding carboxylic acids is 1. The molecule has 0 saturated heterocycles. The van der Waals surface area contributed by atoms with Gasteiger partial charge in [-0.1, -0.05) is 53.7 Å². The average molecular weight is 425 g/mol. The van der Waals surface area contributed by atoms with Crippen molar-refractivity contribution in [3.05, 3.63) is 12.2 Å². The summed E-state index contributed by atoms with van der Waals surface area (Å²) in [5.74, 6) is 4.33. The Hall–Kier alpha value is -0.590. The van der Waals surface area contributed by atoms with Crippen LogP contribution in [0, 0.1) is 56.7 Å². The Morgan fingerprint density at radius 1 is 0.806 bits per heavy atom. The summed E-state index contributed by atoms with van der Waals surface area (Å²) >= 11 is 0. The number of ketones is 1. The van der Waals surface area contributed by atoms with Crippen molar-refractivity contribution in [1.82, 2.24) is 0 Å². The molecule has 9 atom stereocenters. The van der Waals surface area contributed by atoms with Gasteiger partial charge >= 0.3 is 0 Å². The zero-order valence-electron chi connectivity index (χ0n) is 21.6. The minimum atomic E-state index is -0.131. The van der Waals surface area contributed by atoms with Crippen LogP contribution in [0.4, 0.5) is 0 Å². The zero-order valence-corrected chi connectivity index (χ0v) is 21.6. The summed E-state index contributed by atoms with van der Waals surface area (Å²) in [5, 5.41) is 0. The fraction of sp³-hybridized carbons (Fsp3) is 0.900. The Morgan fingerprint density at radius 2 is 1.52 bits per heavy atom. The van der Waals surface area contributed by atoms with Gasteiger partial charge in [0.15, 0.2) is 0 Å². The molecular formula is C30H48O. The van der Waals surface area contributed by atoms with E-state index in [0.29, 0.717) is 33.4 Å². The van der Waals surface area contributed by atoms with Crippen molar-refractivity contribution in [2.75, 3.05) is 0 Å². The summed E-state index contributed by atoms with van der Waals surface area (Å²) in [6, 6.07) is 0. The highest BCUT2D eigenvalue weighted by molar-refractivity contribution is 5.85. The van der Waals surface area contributed by atoms with E-state index >= 15 is 0 Å². The molecule has 0 radical (unpaired) electrons. The van der Waals surface area contributed by atoms with E-state index in [9.17, 15) is 4.79 Å². The van der Waals surface area contributed by atoms with E-state index in [1.165, 1.54) is 56.9 Å². The zero-order chi connectivity index (χ0) is 22.6. The van der Waals surface area contributed by atoms with E-state index in [2.05, 4.69) is 55.0 Å². The van der Waals surface area contributed by atoms with Gasteiger partial charge in [-0.25, -0.2) is 0 Å². The Labute approximate surface area is 192 Å². The summed E-state index contributed by atoms with van der Waals surface area (Å²) < 4.78 is 0. The van der Waals surface area contributed by atoms with E-state index in [1.807, 2.05) is 0 Å². The molecule has 0 heterocycles. The Morgan fingerprint density at radius 3 is 2.19 bits per heavy atom. The molecule has 0 amide bonds. The molecule has 0 aromatic heterocycles. The number of Topliss-reactive ketones (excluding diaryl/α,β-unsaturated/α-hetero) is 1. The molecule has 31 heavy (non-hydrogen) atoms. The lowest BCUT2D eigenvalue weighted by Crippen LogP contribution is -2.66. The minimum Gasteiger partial charge on any atom is -0.299 e. The standard InChI is InChI=1S/C30H48O/c1-19(2)20-11-14-27(5)17-18-29(7)21(25(20)27)9-10-23-28(6)15-13-24(31)26(3,4)22(28)12-16-30(23,29)8/h20-23,25H,1,9-18H2,2-8H3/t20-,21+,22+,23-,25+,27-,28-,29+,30-/m0/s1. The van der Waals surface area contributed by atoms with Gasteiger partial charge < -0.3 is 0 Å². The van der Waals surface area contributed by atoms with Gasteiger partial charge in [-0.15, -0.1) is 0 Å². The lowest BCUT2D eigenvalue weighted by atomic mass is 9.32. The maximum Gasteiger partial charge on any atom is 0.138 e. The molecule has 1 heteroatoms. The van der Waals surface area contributed by atoms with Gasteiger partial charge in [-0.05, 0) is 116 Å². The van der Waals surface area contributed by atoms with Crippen molar-refractivity contribution in [1.29, 1.82) is 0 Å². The molecule has 5 fully saturated rings. The second-order valence-electron chi connectivity index (χ2n) is 14.5. The van der Waals surface area contributed by atoms with Crippen molar-refractivity contribution in [3.63, 3.8) is 0 Å². The topological polar surface area (TPSA) is 17.1 Å². The molecule has 5 saturated carbocycles. The molecular weight excluding hydrogens is 376 g/mol. The summed E-state index contributed by atoms with van der Waals surface area (Å²) in [7, 11) is 0. The molecule has 1 nitrogen and oxygen atoms in total. The van der Waals surface area contributed by atoms with Crippen LogP contribution in [-0.4, -0.2) is 5.78 Å². The van der Waals surface area contributed by atoms with E-state index in [4.69, 9.17) is 0 Å². The van der Waals surface area contributed by atoms with Gasteiger partial charge in [0, 0.05) is 11.8 Å². The average Bonchev–Trinajstić information content (AvgIpc) is 3.04. The van der Waals surface area contributed by atoms with Crippen LogP contribution in [0.2, 0.25) is 0 Å². The Bertz CT molecular complexity index is 807. The van der Waals surface area contributed by atoms with Gasteiger partial charge in [-0.2, -0.15) is 0 Å². The third-order valence-corrected chi connectivity index (χ3v) is 13.2. The smallest absolute Gasteiger partial charge is 0.138 e. The van der Waals surface area contributed by atoms with Crippen molar-refractivity contribution < 1.29 is 4.79 Å². The number of carbonyl (C=O) groups is 1. The van der Waals surface area contributed by atoms with Crippen LogP contribution >= 0.6 is 0 Å². The van der Waals surface area contributed by atoms with Crippen LogP contribution < -0.4 is 0 Å². The fourth-order valence-electron chi connectivity index (χ4n) is 11.3. The van der Waals surface area contributed by atoms with Crippen LogP contribution in [0.3, 0.4) is 0 Å². The number of allylic oxidation sites excluding steroid dienone is 1. The minimum absolute atomic E-state index is 0.131. The van der Waals surface area contributed by atoms with Gasteiger partial charge in [0.2, 0.25) is 0 Å². The first-order valence-corrected chi connectivity index (χ1v) is 13.5. The molecule has 5 aliphatic rings. The monoisotopic (exact) mass is 424 g/mol. The molecule has 5 aliphatic carbocycles. The molecule has 0 aliphatic heterocycles. The molecule has 0 aromatic rings. The van der Waals surface area contributed by atoms with Crippen molar-refractivity contribution in [2.45, 2.75) is 113 Å². The first-order chi connectivity index (χ1) is 14.3. The molecule has 5 rings (SSSR count). The highest BCUT2D eigenvalue weighted by atomic mass is 16.1. The molecule has 0 N–H and O–H groups in total. The molecule has 0 unspecified atom stereocenters. The number of fused-ring (bicyclic) bond motifs is 7. The summed E-state index contributed by atoms with van der Waals surface area (Å²) in [4.78, 5) is 12.9. The summed E-state index contributed by atoms with van der Waals surface area (Å²) in [5.41, 5.74) is 3.06. The van der Waals surface area contributed by atoms with Gasteiger partial charge in [0.1, 0.15) is 5.78 Å². The molecule has 0 bridgehead atoms. The Kier molecular flexibility index (Phi) is 4.66.